The Bertz CT molecular complexity index is 567. The SMILES string of the molecule is Cc1cc(CC(C)c2ccc(Cl)cc2)ccc1C(C)C. The number of hydrogen-bond donors (Lipinski definition) is 0. The van der Waals surface area contributed by atoms with Gasteiger partial charge in [-0.1, -0.05) is 62.7 Å². The molecule has 2 rings (SSSR count). The molecule has 2 aromatic rings. The van der Waals surface area contributed by atoms with Gasteiger partial charge in [-0.05, 0) is 59.6 Å². The first kappa shape index (κ1) is 15.1. The van der Waals surface area contributed by atoms with Crippen LogP contribution in [0.5, 0.6) is 0 Å². The van der Waals surface area contributed by atoms with Gasteiger partial charge in [-0.3, -0.25) is 0 Å². The molecule has 1 heteroatoms. The number of hydrogen-bond acceptors (Lipinski definition) is 0. The molecule has 1 atom stereocenters. The largest absolute Gasteiger partial charge is 0.0843 e. The highest BCUT2D eigenvalue weighted by Gasteiger charge is 2.09. The average molecular weight is 287 g/mol. The third kappa shape index (κ3) is 3.64. The van der Waals surface area contributed by atoms with Crippen LogP contribution in [0.3, 0.4) is 0 Å². The number of rotatable bonds is 4. The number of halogens is 1. The molecule has 0 heterocycles. The number of benzene rings is 2. The van der Waals surface area contributed by atoms with Gasteiger partial charge in [-0.2, -0.15) is 0 Å². The maximum absolute atomic E-state index is 5.94. The minimum atomic E-state index is 0.511. The maximum atomic E-state index is 5.94. The summed E-state index contributed by atoms with van der Waals surface area (Å²) in [5, 5.41) is 0.804. The zero-order valence-electron chi connectivity index (χ0n) is 12.8. The lowest BCUT2D eigenvalue weighted by Crippen LogP contribution is -2.00. The Balaban J connectivity index is 2.13. The minimum absolute atomic E-state index is 0.511. The van der Waals surface area contributed by atoms with Crippen LogP contribution < -0.4 is 0 Å². The van der Waals surface area contributed by atoms with Crippen LogP contribution >= 0.6 is 11.6 Å². The van der Waals surface area contributed by atoms with E-state index in [1.54, 1.807) is 0 Å². The number of aryl methyl sites for hydroxylation is 1. The lowest BCUT2D eigenvalue weighted by atomic mass is 9.90. The molecule has 0 amide bonds. The van der Waals surface area contributed by atoms with Crippen molar-refractivity contribution in [3.05, 3.63) is 69.7 Å². The van der Waals surface area contributed by atoms with Crippen LogP contribution in [0.15, 0.2) is 42.5 Å². The van der Waals surface area contributed by atoms with Crippen molar-refractivity contribution >= 4 is 11.6 Å². The van der Waals surface area contributed by atoms with Crippen LogP contribution in [-0.2, 0) is 6.42 Å². The van der Waals surface area contributed by atoms with Gasteiger partial charge in [0.05, 0.1) is 0 Å². The molecule has 0 radical (unpaired) electrons. The summed E-state index contributed by atoms with van der Waals surface area (Å²) in [5.74, 6) is 1.11. The predicted octanol–water partition coefficient (Wildman–Crippen LogP) is 6.12. The van der Waals surface area contributed by atoms with E-state index < -0.39 is 0 Å². The summed E-state index contributed by atoms with van der Waals surface area (Å²) in [4.78, 5) is 0. The van der Waals surface area contributed by atoms with Crippen molar-refractivity contribution in [3.8, 4) is 0 Å². The highest BCUT2D eigenvalue weighted by molar-refractivity contribution is 6.30. The maximum Gasteiger partial charge on any atom is 0.0406 e. The molecule has 0 fully saturated rings. The normalized spacial score (nSPS) is 12.7. The third-order valence-electron chi connectivity index (χ3n) is 3.94. The summed E-state index contributed by atoms with van der Waals surface area (Å²) in [6, 6.07) is 15.1. The standard InChI is InChI=1S/C19H23Cl/c1-13(2)19-10-5-16(12-15(19)4)11-14(3)17-6-8-18(20)9-7-17/h5-10,12-14H,11H2,1-4H3. The Hall–Kier alpha value is -1.27. The second kappa shape index (κ2) is 6.45. The lowest BCUT2D eigenvalue weighted by molar-refractivity contribution is 0.756. The third-order valence-corrected chi connectivity index (χ3v) is 4.19. The monoisotopic (exact) mass is 286 g/mol. The fourth-order valence-electron chi connectivity index (χ4n) is 2.78. The topological polar surface area (TPSA) is 0 Å². The van der Waals surface area contributed by atoms with Gasteiger partial charge in [0.15, 0.2) is 0 Å². The summed E-state index contributed by atoms with van der Waals surface area (Å²) in [6.45, 7) is 8.98. The van der Waals surface area contributed by atoms with Gasteiger partial charge in [0.2, 0.25) is 0 Å². The van der Waals surface area contributed by atoms with Crippen LogP contribution in [0.4, 0.5) is 0 Å². The van der Waals surface area contributed by atoms with Gasteiger partial charge in [0, 0.05) is 5.02 Å². The Morgan fingerprint density at radius 3 is 2.15 bits per heavy atom. The molecule has 20 heavy (non-hydrogen) atoms. The summed E-state index contributed by atoms with van der Waals surface area (Å²) >= 11 is 5.94. The van der Waals surface area contributed by atoms with Crippen molar-refractivity contribution < 1.29 is 0 Å². The zero-order valence-corrected chi connectivity index (χ0v) is 13.5. The molecule has 0 saturated carbocycles. The van der Waals surface area contributed by atoms with E-state index in [1.807, 2.05) is 12.1 Å². The average Bonchev–Trinajstić information content (AvgIpc) is 2.39. The van der Waals surface area contributed by atoms with Crippen LogP contribution in [-0.4, -0.2) is 0 Å². The molecule has 106 valence electrons. The Morgan fingerprint density at radius 1 is 0.950 bits per heavy atom. The van der Waals surface area contributed by atoms with E-state index in [9.17, 15) is 0 Å². The van der Waals surface area contributed by atoms with Crippen molar-refractivity contribution in [2.24, 2.45) is 0 Å². The molecule has 0 bridgehead atoms. The smallest absolute Gasteiger partial charge is 0.0406 e. The first-order valence-corrected chi connectivity index (χ1v) is 7.70. The van der Waals surface area contributed by atoms with Crippen molar-refractivity contribution in [1.29, 1.82) is 0 Å². The first-order chi connectivity index (χ1) is 9.47. The van der Waals surface area contributed by atoms with Crippen molar-refractivity contribution in [3.63, 3.8) is 0 Å². The van der Waals surface area contributed by atoms with Gasteiger partial charge in [0.25, 0.3) is 0 Å². The van der Waals surface area contributed by atoms with E-state index in [0.717, 1.165) is 11.4 Å². The summed E-state index contributed by atoms with van der Waals surface area (Å²) in [6.07, 6.45) is 1.07. The van der Waals surface area contributed by atoms with Gasteiger partial charge in [-0.15, -0.1) is 0 Å². The highest BCUT2D eigenvalue weighted by Crippen LogP contribution is 2.25. The highest BCUT2D eigenvalue weighted by atomic mass is 35.5. The van der Waals surface area contributed by atoms with E-state index in [2.05, 4.69) is 58.0 Å². The molecule has 0 N–H and O–H groups in total. The van der Waals surface area contributed by atoms with Crippen LogP contribution in [0.25, 0.3) is 0 Å². The Kier molecular flexibility index (Phi) is 4.88. The van der Waals surface area contributed by atoms with E-state index >= 15 is 0 Å². The molecular formula is C19H23Cl. The first-order valence-electron chi connectivity index (χ1n) is 7.32. The van der Waals surface area contributed by atoms with Gasteiger partial charge in [-0.25, -0.2) is 0 Å². The van der Waals surface area contributed by atoms with Crippen molar-refractivity contribution in [2.75, 3.05) is 0 Å². The molecule has 0 nitrogen and oxygen atoms in total. The molecule has 0 spiro atoms. The summed E-state index contributed by atoms with van der Waals surface area (Å²) < 4.78 is 0. The second-order valence-corrected chi connectivity index (χ2v) is 6.44. The molecule has 0 aromatic heterocycles. The zero-order chi connectivity index (χ0) is 14.7. The quantitative estimate of drug-likeness (QED) is 0.635. The van der Waals surface area contributed by atoms with Crippen LogP contribution in [0.1, 0.15) is 54.9 Å². The van der Waals surface area contributed by atoms with Crippen molar-refractivity contribution in [2.45, 2.75) is 46.0 Å². The molecular weight excluding hydrogens is 264 g/mol. The van der Waals surface area contributed by atoms with E-state index in [0.29, 0.717) is 11.8 Å². The molecule has 2 aromatic carbocycles. The molecule has 0 aliphatic rings. The van der Waals surface area contributed by atoms with E-state index in [-0.39, 0.29) is 0 Å². The molecule has 1 unspecified atom stereocenters. The van der Waals surface area contributed by atoms with Gasteiger partial charge >= 0.3 is 0 Å². The minimum Gasteiger partial charge on any atom is -0.0843 e. The molecule has 0 aliphatic heterocycles. The summed E-state index contributed by atoms with van der Waals surface area (Å²) in [5.41, 5.74) is 5.61. The summed E-state index contributed by atoms with van der Waals surface area (Å²) in [7, 11) is 0. The van der Waals surface area contributed by atoms with Crippen LogP contribution in [0, 0.1) is 6.92 Å². The fourth-order valence-corrected chi connectivity index (χ4v) is 2.90. The van der Waals surface area contributed by atoms with Gasteiger partial charge in [0.1, 0.15) is 0 Å². The molecule has 0 saturated heterocycles. The Morgan fingerprint density at radius 2 is 1.60 bits per heavy atom. The fraction of sp³-hybridized carbons (Fsp3) is 0.368. The molecule has 0 aliphatic carbocycles. The van der Waals surface area contributed by atoms with Gasteiger partial charge < -0.3 is 0 Å². The van der Waals surface area contributed by atoms with Crippen molar-refractivity contribution in [1.82, 2.24) is 0 Å². The van der Waals surface area contributed by atoms with E-state index in [1.165, 1.54) is 22.3 Å². The van der Waals surface area contributed by atoms with Crippen LogP contribution in [0.2, 0.25) is 5.02 Å². The second-order valence-electron chi connectivity index (χ2n) is 6.00. The predicted molar refractivity (Wildman–Crippen MR) is 88.8 cm³/mol. The van der Waals surface area contributed by atoms with E-state index in [4.69, 9.17) is 11.6 Å². The Labute approximate surface area is 127 Å². The lowest BCUT2D eigenvalue weighted by Gasteiger charge is -2.15.